The fourth-order valence-corrected chi connectivity index (χ4v) is 6.49. The Bertz CT molecular complexity index is 1640. The highest BCUT2D eigenvalue weighted by atomic mass is 35.5. The standard InChI is InChI=1S/C31H30Cl2N2O5S/c1-3-4-15-40-30(36)21-35(41(38,39)27-18-24(32)17-25(33)19-27)26-13-14-28-23(16-26)11-8-12-29(28)31(37)34(2)20-22-9-6-5-7-10-22/h5-14,16-19H,3-4,15,20-21H2,1-2H3. The molecular weight excluding hydrogens is 583 g/mol. The summed E-state index contributed by atoms with van der Waals surface area (Å²) in [6.07, 6.45) is 1.48. The number of carbonyl (C=O) groups excluding carboxylic acids is 2. The predicted octanol–water partition coefficient (Wildman–Crippen LogP) is 6.96. The van der Waals surface area contributed by atoms with E-state index in [4.69, 9.17) is 27.9 Å². The summed E-state index contributed by atoms with van der Waals surface area (Å²) < 4.78 is 33.9. The number of unbranched alkanes of at least 4 members (excludes halogenated alkanes) is 1. The maximum Gasteiger partial charge on any atom is 0.326 e. The average Bonchev–Trinajstić information content (AvgIpc) is 2.95. The molecule has 0 aliphatic heterocycles. The van der Waals surface area contributed by atoms with Crippen LogP contribution in [0.1, 0.15) is 35.7 Å². The molecule has 0 aliphatic carbocycles. The van der Waals surface area contributed by atoms with Gasteiger partial charge >= 0.3 is 5.97 Å². The summed E-state index contributed by atoms with van der Waals surface area (Å²) in [4.78, 5) is 27.6. The lowest BCUT2D eigenvalue weighted by Gasteiger charge is -2.25. The molecule has 4 aromatic rings. The molecule has 0 aromatic heterocycles. The number of sulfonamides is 1. The average molecular weight is 614 g/mol. The number of ether oxygens (including phenoxy) is 1. The van der Waals surface area contributed by atoms with E-state index in [0.717, 1.165) is 16.3 Å². The molecule has 1 amide bonds. The third kappa shape index (κ3) is 7.38. The normalized spacial score (nSPS) is 11.3. The molecule has 4 aromatic carbocycles. The Balaban J connectivity index is 1.72. The zero-order chi connectivity index (χ0) is 29.6. The number of amides is 1. The Labute approximate surface area is 250 Å². The van der Waals surface area contributed by atoms with Crippen LogP contribution in [0.3, 0.4) is 0 Å². The van der Waals surface area contributed by atoms with Gasteiger partial charge in [0, 0.05) is 29.2 Å². The van der Waals surface area contributed by atoms with E-state index in [0.29, 0.717) is 29.3 Å². The van der Waals surface area contributed by atoms with Gasteiger partial charge in [0.2, 0.25) is 0 Å². The van der Waals surface area contributed by atoms with Crippen LogP contribution in [0.15, 0.2) is 89.8 Å². The second-order valence-corrected chi connectivity index (χ2v) is 12.3. The molecule has 41 heavy (non-hydrogen) atoms. The number of nitrogens with zero attached hydrogens (tertiary/aromatic N) is 2. The van der Waals surface area contributed by atoms with Crippen LogP contribution < -0.4 is 4.31 Å². The van der Waals surface area contributed by atoms with Crippen molar-refractivity contribution in [3.63, 3.8) is 0 Å². The van der Waals surface area contributed by atoms with Crippen molar-refractivity contribution in [3.8, 4) is 0 Å². The molecule has 7 nitrogen and oxygen atoms in total. The van der Waals surface area contributed by atoms with Crippen molar-refractivity contribution >= 4 is 61.6 Å². The molecule has 0 atom stereocenters. The molecule has 10 heteroatoms. The van der Waals surface area contributed by atoms with Crippen LogP contribution in [-0.2, 0) is 26.1 Å². The van der Waals surface area contributed by atoms with Crippen LogP contribution in [0.25, 0.3) is 10.8 Å². The van der Waals surface area contributed by atoms with Crippen molar-refractivity contribution < 1.29 is 22.7 Å². The fourth-order valence-electron chi connectivity index (χ4n) is 4.36. The third-order valence-corrected chi connectivity index (χ3v) is 8.64. The Kier molecular flexibility index (Phi) is 9.91. The first-order chi connectivity index (χ1) is 19.6. The minimum Gasteiger partial charge on any atom is -0.464 e. The predicted molar refractivity (Wildman–Crippen MR) is 163 cm³/mol. The molecule has 0 spiro atoms. The molecule has 214 valence electrons. The van der Waals surface area contributed by atoms with Gasteiger partial charge in [-0.3, -0.25) is 13.9 Å². The number of anilines is 1. The monoisotopic (exact) mass is 612 g/mol. The maximum atomic E-state index is 13.8. The second kappa shape index (κ2) is 13.4. The summed E-state index contributed by atoms with van der Waals surface area (Å²) in [6.45, 7) is 2.02. The first kappa shape index (κ1) is 30.4. The molecule has 4 rings (SSSR count). The summed E-state index contributed by atoms with van der Waals surface area (Å²) in [5.74, 6) is -0.869. The molecule has 0 heterocycles. The largest absolute Gasteiger partial charge is 0.464 e. The second-order valence-electron chi connectivity index (χ2n) is 9.55. The minimum atomic E-state index is -4.28. The number of esters is 1. The number of halogens is 2. The highest BCUT2D eigenvalue weighted by molar-refractivity contribution is 7.92. The van der Waals surface area contributed by atoms with Crippen LogP contribution in [0.4, 0.5) is 5.69 Å². The van der Waals surface area contributed by atoms with E-state index >= 15 is 0 Å². The van der Waals surface area contributed by atoms with Gasteiger partial charge in [-0.1, -0.05) is 85.1 Å². The molecule has 0 saturated carbocycles. The van der Waals surface area contributed by atoms with E-state index in [-0.39, 0.29) is 33.1 Å². The summed E-state index contributed by atoms with van der Waals surface area (Å²) >= 11 is 12.2. The number of hydrogen-bond acceptors (Lipinski definition) is 5. The summed E-state index contributed by atoms with van der Waals surface area (Å²) in [6, 6.07) is 23.8. The SMILES string of the molecule is CCCCOC(=O)CN(c1ccc2c(C(=O)N(C)Cc3ccccc3)cccc2c1)S(=O)(=O)c1cc(Cl)cc(Cl)c1. The molecular formula is C31H30Cl2N2O5S. The zero-order valence-electron chi connectivity index (χ0n) is 22.7. The van der Waals surface area contributed by atoms with Gasteiger partial charge in [0.15, 0.2) is 0 Å². The molecule has 0 radical (unpaired) electrons. The van der Waals surface area contributed by atoms with Gasteiger partial charge in [0.1, 0.15) is 6.54 Å². The molecule has 0 unspecified atom stereocenters. The Morgan fingerprint density at radius 1 is 0.878 bits per heavy atom. The topological polar surface area (TPSA) is 84.0 Å². The number of fused-ring (bicyclic) bond motifs is 1. The van der Waals surface area contributed by atoms with Crippen molar-refractivity contribution in [3.05, 3.63) is 106 Å². The van der Waals surface area contributed by atoms with Crippen LogP contribution in [0.5, 0.6) is 0 Å². The van der Waals surface area contributed by atoms with Crippen LogP contribution in [-0.4, -0.2) is 45.4 Å². The van der Waals surface area contributed by atoms with Crippen molar-refractivity contribution in [2.45, 2.75) is 31.2 Å². The summed E-state index contributed by atoms with van der Waals surface area (Å²) in [7, 11) is -2.55. The molecule has 0 fully saturated rings. The van der Waals surface area contributed by atoms with Gasteiger partial charge in [0.25, 0.3) is 15.9 Å². The van der Waals surface area contributed by atoms with E-state index < -0.39 is 22.5 Å². The molecule has 0 bridgehead atoms. The third-order valence-electron chi connectivity index (χ3n) is 6.45. The Morgan fingerprint density at radius 2 is 1.59 bits per heavy atom. The van der Waals surface area contributed by atoms with Gasteiger partial charge < -0.3 is 9.64 Å². The fraction of sp³-hybridized carbons (Fsp3) is 0.226. The van der Waals surface area contributed by atoms with Crippen LogP contribution >= 0.6 is 23.2 Å². The number of hydrogen-bond donors (Lipinski definition) is 0. The van der Waals surface area contributed by atoms with Crippen molar-refractivity contribution in [1.29, 1.82) is 0 Å². The zero-order valence-corrected chi connectivity index (χ0v) is 25.0. The van der Waals surface area contributed by atoms with E-state index in [9.17, 15) is 18.0 Å². The lowest BCUT2D eigenvalue weighted by Crippen LogP contribution is -2.36. The van der Waals surface area contributed by atoms with Gasteiger partial charge in [-0.25, -0.2) is 8.42 Å². The summed E-state index contributed by atoms with van der Waals surface area (Å²) in [5.41, 5.74) is 1.70. The van der Waals surface area contributed by atoms with E-state index in [1.54, 1.807) is 48.3 Å². The van der Waals surface area contributed by atoms with Crippen molar-refractivity contribution in [1.82, 2.24) is 4.90 Å². The maximum absolute atomic E-state index is 13.8. The minimum absolute atomic E-state index is 0.142. The Hall–Kier alpha value is -3.59. The quantitative estimate of drug-likeness (QED) is 0.135. The Morgan fingerprint density at radius 3 is 2.27 bits per heavy atom. The lowest BCUT2D eigenvalue weighted by molar-refractivity contribution is -0.141. The number of benzene rings is 4. The smallest absolute Gasteiger partial charge is 0.326 e. The first-order valence-corrected chi connectivity index (χ1v) is 15.3. The molecule has 0 saturated heterocycles. The van der Waals surface area contributed by atoms with Gasteiger partial charge in [0.05, 0.1) is 17.2 Å². The van der Waals surface area contributed by atoms with Crippen molar-refractivity contribution in [2.24, 2.45) is 0 Å². The highest BCUT2D eigenvalue weighted by Crippen LogP contribution is 2.31. The van der Waals surface area contributed by atoms with E-state index in [1.807, 2.05) is 37.3 Å². The number of carbonyl (C=O) groups is 2. The highest BCUT2D eigenvalue weighted by Gasteiger charge is 2.29. The van der Waals surface area contributed by atoms with Crippen LogP contribution in [0, 0.1) is 0 Å². The summed E-state index contributed by atoms with van der Waals surface area (Å²) in [5, 5.41) is 1.56. The van der Waals surface area contributed by atoms with Crippen LogP contribution in [0.2, 0.25) is 10.0 Å². The van der Waals surface area contributed by atoms with Crippen molar-refractivity contribution in [2.75, 3.05) is 24.5 Å². The van der Waals surface area contributed by atoms with Gasteiger partial charge in [-0.05, 0) is 59.2 Å². The van der Waals surface area contributed by atoms with E-state index in [2.05, 4.69) is 0 Å². The van der Waals surface area contributed by atoms with E-state index in [1.165, 1.54) is 18.2 Å². The van der Waals surface area contributed by atoms with Gasteiger partial charge in [-0.15, -0.1) is 0 Å². The first-order valence-electron chi connectivity index (χ1n) is 13.1. The number of rotatable bonds is 11. The lowest BCUT2D eigenvalue weighted by atomic mass is 10.0. The molecule has 0 aliphatic rings. The van der Waals surface area contributed by atoms with Gasteiger partial charge in [-0.2, -0.15) is 0 Å². The molecule has 0 N–H and O–H groups in total.